The first kappa shape index (κ1) is 37.7. The molecule has 0 spiro atoms. The van der Waals surface area contributed by atoms with Crippen LogP contribution in [0.5, 0.6) is 5.88 Å². The van der Waals surface area contributed by atoms with Crippen LogP contribution in [-0.4, -0.2) is 81.5 Å². The lowest BCUT2D eigenvalue weighted by Gasteiger charge is -2.35. The van der Waals surface area contributed by atoms with Gasteiger partial charge in [-0.2, -0.15) is 0 Å². The summed E-state index contributed by atoms with van der Waals surface area (Å²) in [4.78, 5) is 57.5. The van der Waals surface area contributed by atoms with Gasteiger partial charge in [-0.05, 0) is 66.8 Å². The molecule has 284 valence electrons. The van der Waals surface area contributed by atoms with Crippen molar-refractivity contribution in [3.63, 3.8) is 0 Å². The first-order valence-corrected chi connectivity index (χ1v) is 20.5. The monoisotopic (exact) mass is 791 g/mol. The van der Waals surface area contributed by atoms with Crippen LogP contribution in [-0.2, 0) is 24.4 Å². The lowest BCUT2D eigenvalue weighted by molar-refractivity contribution is -0.141. The van der Waals surface area contributed by atoms with Crippen molar-refractivity contribution in [3.8, 4) is 17.1 Å². The number of rotatable bonds is 12. The van der Waals surface area contributed by atoms with E-state index in [1.54, 1.807) is 30.7 Å². The number of aromatic nitrogens is 3. The Morgan fingerprint density at radius 2 is 1.89 bits per heavy atom. The molecule has 0 radical (unpaired) electrons. The molecule has 0 bridgehead atoms. The van der Waals surface area contributed by atoms with Crippen molar-refractivity contribution in [1.82, 2.24) is 29.9 Å². The Morgan fingerprint density at radius 3 is 2.56 bits per heavy atom. The lowest BCUT2D eigenvalue weighted by Crippen LogP contribution is -2.58. The van der Waals surface area contributed by atoms with Crippen LogP contribution in [0.25, 0.3) is 22.0 Å². The molecule has 3 aromatic heterocycles. The Kier molecular flexibility index (Phi) is 9.94. The highest BCUT2D eigenvalue weighted by Crippen LogP contribution is 2.46. The zero-order valence-corrected chi connectivity index (χ0v) is 32.7. The molecule has 1 saturated heterocycles. The number of amides is 3. The summed E-state index contributed by atoms with van der Waals surface area (Å²) < 4.78 is 34.1. The maximum atomic E-state index is 14.8. The SMILES string of the molecule is C=C[C@@H]1C[C@]1(NC(=O)[C@@H]1C[C@@H](Oc2ncc(C)c3ccc(Cl)cc23)CN1C(=O)[C@@H](Nc1nc(-c2ccncc2)cs1)C(C)(C)C)C(=O)NS(=O)(=O)C1CC1. The molecule has 1 aliphatic heterocycles. The number of benzene rings is 1. The summed E-state index contributed by atoms with van der Waals surface area (Å²) >= 11 is 7.72. The van der Waals surface area contributed by atoms with Crippen LogP contribution in [0, 0.1) is 18.3 Å². The number of hydrogen-bond acceptors (Lipinski definition) is 11. The van der Waals surface area contributed by atoms with E-state index in [1.165, 1.54) is 22.3 Å². The zero-order chi connectivity index (χ0) is 38.6. The van der Waals surface area contributed by atoms with Crippen molar-refractivity contribution in [2.75, 3.05) is 11.9 Å². The van der Waals surface area contributed by atoms with Crippen LogP contribution < -0.4 is 20.1 Å². The van der Waals surface area contributed by atoms with Gasteiger partial charge in [0.25, 0.3) is 5.91 Å². The van der Waals surface area contributed by atoms with Gasteiger partial charge in [-0.1, -0.05) is 44.5 Å². The van der Waals surface area contributed by atoms with E-state index in [2.05, 4.69) is 31.9 Å². The lowest BCUT2D eigenvalue weighted by atomic mass is 9.85. The van der Waals surface area contributed by atoms with Gasteiger partial charge in [0.15, 0.2) is 5.13 Å². The Hall–Kier alpha value is -4.60. The Morgan fingerprint density at radius 1 is 1.15 bits per heavy atom. The molecule has 0 unspecified atom stereocenters. The van der Waals surface area contributed by atoms with Gasteiger partial charge in [-0.3, -0.25) is 24.1 Å². The molecule has 7 rings (SSSR count). The third kappa shape index (κ3) is 7.53. The second-order valence-corrected chi connectivity index (χ2v) is 18.6. The minimum absolute atomic E-state index is 0.0308. The van der Waals surface area contributed by atoms with E-state index in [-0.39, 0.29) is 25.3 Å². The minimum Gasteiger partial charge on any atom is -0.472 e. The number of nitrogens with one attached hydrogen (secondary N) is 3. The van der Waals surface area contributed by atoms with Crippen molar-refractivity contribution in [2.24, 2.45) is 11.3 Å². The van der Waals surface area contributed by atoms with Gasteiger partial charge >= 0.3 is 0 Å². The molecular formula is C38H42ClN7O6S2. The smallest absolute Gasteiger partial charge is 0.259 e. The van der Waals surface area contributed by atoms with Crippen molar-refractivity contribution >= 4 is 66.6 Å². The van der Waals surface area contributed by atoms with E-state index >= 15 is 0 Å². The van der Waals surface area contributed by atoms with Crippen LogP contribution in [0.2, 0.25) is 5.02 Å². The zero-order valence-electron chi connectivity index (χ0n) is 30.3. The normalized spacial score (nSPS) is 23.1. The molecule has 5 atom stereocenters. The quantitative estimate of drug-likeness (QED) is 0.161. The molecule has 16 heteroatoms. The largest absolute Gasteiger partial charge is 0.472 e. The number of pyridine rings is 2. The Labute approximate surface area is 323 Å². The van der Waals surface area contributed by atoms with Crippen LogP contribution in [0.1, 0.15) is 52.0 Å². The molecule has 3 N–H and O–H groups in total. The second kappa shape index (κ2) is 14.2. The number of aryl methyl sites for hydroxylation is 1. The minimum atomic E-state index is -3.88. The summed E-state index contributed by atoms with van der Waals surface area (Å²) in [7, 11) is -3.88. The van der Waals surface area contributed by atoms with Crippen molar-refractivity contribution in [3.05, 3.63) is 77.5 Å². The number of sulfonamides is 1. The van der Waals surface area contributed by atoms with Crippen molar-refractivity contribution < 1.29 is 27.5 Å². The van der Waals surface area contributed by atoms with Gasteiger partial charge in [0.2, 0.25) is 27.7 Å². The third-order valence-corrected chi connectivity index (χ3v) is 13.1. The summed E-state index contributed by atoms with van der Waals surface area (Å²) in [6.07, 6.45) is 7.11. The van der Waals surface area contributed by atoms with E-state index < -0.39 is 62.1 Å². The molecule has 1 aromatic carbocycles. The Bertz CT molecular complexity index is 2240. The summed E-state index contributed by atoms with van der Waals surface area (Å²) in [5.74, 6) is -1.98. The number of carbonyl (C=O) groups excluding carboxylic acids is 3. The second-order valence-electron chi connectivity index (χ2n) is 15.3. The van der Waals surface area contributed by atoms with Crippen molar-refractivity contribution in [1.29, 1.82) is 0 Å². The highest BCUT2D eigenvalue weighted by Gasteiger charge is 2.62. The first-order chi connectivity index (χ1) is 25.6. The first-order valence-electron chi connectivity index (χ1n) is 17.7. The maximum absolute atomic E-state index is 14.8. The van der Waals surface area contributed by atoms with Crippen molar-refractivity contribution in [2.45, 2.75) is 82.4 Å². The van der Waals surface area contributed by atoms with Crippen LogP contribution in [0.15, 0.2) is 67.0 Å². The van der Waals surface area contributed by atoms with E-state index in [9.17, 15) is 22.8 Å². The molecule has 3 fully saturated rings. The van der Waals surface area contributed by atoms with Crippen LogP contribution in [0.4, 0.5) is 5.13 Å². The molecule has 2 saturated carbocycles. The van der Waals surface area contributed by atoms with Gasteiger partial charge in [-0.15, -0.1) is 17.9 Å². The van der Waals surface area contributed by atoms with Crippen LogP contribution in [0.3, 0.4) is 0 Å². The number of halogens is 1. The average Bonchev–Trinajstić information content (AvgIpc) is 4.02. The summed E-state index contributed by atoms with van der Waals surface area (Å²) in [5.41, 5.74) is 0.364. The summed E-state index contributed by atoms with van der Waals surface area (Å²) in [6.45, 7) is 11.5. The van der Waals surface area contributed by atoms with E-state index in [4.69, 9.17) is 21.3 Å². The number of anilines is 1. The number of likely N-dealkylation sites (tertiary alicyclic amines) is 1. The molecule has 3 aliphatic rings. The van der Waals surface area contributed by atoms with Crippen LogP contribution >= 0.6 is 22.9 Å². The van der Waals surface area contributed by atoms with Gasteiger partial charge in [0, 0.05) is 52.3 Å². The number of thiazole rings is 1. The highest BCUT2D eigenvalue weighted by molar-refractivity contribution is 7.91. The number of hydrogen-bond donors (Lipinski definition) is 3. The highest BCUT2D eigenvalue weighted by atomic mass is 35.5. The molecule has 54 heavy (non-hydrogen) atoms. The van der Waals surface area contributed by atoms with E-state index in [0.29, 0.717) is 34.3 Å². The number of ether oxygens (including phenoxy) is 1. The topological polar surface area (TPSA) is 173 Å². The fraction of sp³-hybridized carbons (Fsp3) is 0.421. The Balaban J connectivity index is 1.19. The average molecular weight is 792 g/mol. The fourth-order valence-corrected chi connectivity index (χ4v) is 9.20. The molecule has 2 aliphatic carbocycles. The van der Waals surface area contributed by atoms with Gasteiger partial charge in [0.1, 0.15) is 23.7 Å². The van der Waals surface area contributed by atoms with Gasteiger partial charge in [-0.25, -0.2) is 18.4 Å². The predicted molar refractivity (Wildman–Crippen MR) is 207 cm³/mol. The molecule has 4 aromatic rings. The summed E-state index contributed by atoms with van der Waals surface area (Å²) in [5, 5.41) is 10.1. The summed E-state index contributed by atoms with van der Waals surface area (Å²) in [6, 6.07) is 7.24. The molecule has 13 nitrogen and oxygen atoms in total. The van der Waals surface area contributed by atoms with E-state index in [0.717, 1.165) is 22.2 Å². The van der Waals surface area contributed by atoms with Gasteiger partial charge in [0.05, 0.1) is 17.5 Å². The molecule has 3 amide bonds. The molecular weight excluding hydrogens is 750 g/mol. The standard InChI is InChI=1S/C38H42ClN7O6S2/c1-6-23-17-38(23,35(49)45-54(50,51)26-8-9-26)44-32(47)30-16-25(52-33-28-15-24(39)7-10-27(28)21(2)18-41-33)19-46(30)34(48)31(37(3,4)5)43-36-42-29(20-53-36)22-11-13-40-14-12-22/h6-7,10-15,18,20,23,25-26,30-31H,1,8-9,16-17,19H2,2-5H3,(H,42,43)(H,44,47)(H,45,49)/t23-,25-,30+,31-,38-/m1/s1. The predicted octanol–water partition coefficient (Wildman–Crippen LogP) is 5.26. The number of nitrogens with zero attached hydrogens (tertiary/aromatic N) is 4. The fourth-order valence-electron chi connectivity index (χ4n) is 6.91. The number of carbonyl (C=O) groups is 3. The van der Waals surface area contributed by atoms with E-state index in [1.807, 2.05) is 51.3 Å². The van der Waals surface area contributed by atoms with Gasteiger partial charge < -0.3 is 20.3 Å². The maximum Gasteiger partial charge on any atom is 0.259 e. The third-order valence-electron chi connectivity index (χ3n) is 10.2. The molecule has 4 heterocycles. The number of fused-ring (bicyclic) bond motifs is 1.